The first-order valence-corrected chi connectivity index (χ1v) is 8.27. The highest BCUT2D eigenvalue weighted by molar-refractivity contribution is 5.22. The first-order valence-electron chi connectivity index (χ1n) is 8.27. The number of nitrogens with zero attached hydrogens (tertiary/aromatic N) is 1. The van der Waals surface area contributed by atoms with E-state index in [0.717, 1.165) is 0 Å². The fraction of sp³-hybridized carbons (Fsp3) is 0.875. The second-order valence-electron chi connectivity index (χ2n) is 6.63. The summed E-state index contributed by atoms with van der Waals surface area (Å²) in [6, 6.07) is 0.397. The quantitative estimate of drug-likeness (QED) is 0.465. The molecular weight excluding hydrogens is 234 g/mol. The Morgan fingerprint density at radius 3 is 2.37 bits per heavy atom. The van der Waals surface area contributed by atoms with Crippen molar-refractivity contribution in [2.45, 2.75) is 75.8 Å². The van der Waals surface area contributed by atoms with Crippen LogP contribution < -0.4 is 11.3 Å². The van der Waals surface area contributed by atoms with Gasteiger partial charge in [0.2, 0.25) is 0 Å². The summed E-state index contributed by atoms with van der Waals surface area (Å²) in [4.78, 5) is 2.76. The third-order valence-corrected chi connectivity index (χ3v) is 5.61. The number of hydrogen-bond acceptors (Lipinski definition) is 3. The van der Waals surface area contributed by atoms with Crippen LogP contribution in [0.2, 0.25) is 0 Å². The molecule has 1 aliphatic heterocycles. The SMILES string of the molecule is NNC(C1=CCCCC1)C1(N2CCCC2)CCCC1. The Morgan fingerprint density at radius 2 is 1.79 bits per heavy atom. The van der Waals surface area contributed by atoms with E-state index < -0.39 is 0 Å². The molecule has 0 aromatic carbocycles. The largest absolute Gasteiger partial charge is 0.296 e. The average molecular weight is 263 g/mol. The van der Waals surface area contributed by atoms with Gasteiger partial charge in [0.25, 0.3) is 0 Å². The van der Waals surface area contributed by atoms with Crippen LogP contribution >= 0.6 is 0 Å². The molecule has 0 spiro atoms. The summed E-state index contributed by atoms with van der Waals surface area (Å²) in [6.45, 7) is 2.57. The summed E-state index contributed by atoms with van der Waals surface area (Å²) in [6.07, 6.45) is 15.9. The minimum absolute atomic E-state index is 0.328. The van der Waals surface area contributed by atoms with E-state index in [9.17, 15) is 0 Å². The zero-order valence-corrected chi connectivity index (χ0v) is 12.2. The number of rotatable bonds is 4. The molecule has 3 aliphatic rings. The van der Waals surface area contributed by atoms with Crippen molar-refractivity contribution in [2.24, 2.45) is 5.84 Å². The Labute approximate surface area is 117 Å². The smallest absolute Gasteiger partial charge is 0.0604 e. The summed E-state index contributed by atoms with van der Waals surface area (Å²) in [7, 11) is 0. The van der Waals surface area contributed by atoms with Gasteiger partial charge >= 0.3 is 0 Å². The van der Waals surface area contributed by atoms with Gasteiger partial charge in [-0.2, -0.15) is 0 Å². The summed E-state index contributed by atoms with van der Waals surface area (Å²) < 4.78 is 0. The maximum atomic E-state index is 6.02. The van der Waals surface area contributed by atoms with E-state index in [0.29, 0.717) is 11.6 Å². The van der Waals surface area contributed by atoms with Gasteiger partial charge in [0, 0.05) is 5.54 Å². The summed E-state index contributed by atoms with van der Waals surface area (Å²) in [5.41, 5.74) is 5.15. The van der Waals surface area contributed by atoms with Gasteiger partial charge in [-0.1, -0.05) is 24.5 Å². The van der Waals surface area contributed by atoms with Crippen LogP contribution in [0.4, 0.5) is 0 Å². The Bertz CT molecular complexity index is 325. The van der Waals surface area contributed by atoms with Crippen molar-refractivity contribution >= 4 is 0 Å². The first-order chi connectivity index (χ1) is 9.37. The molecule has 0 radical (unpaired) electrons. The van der Waals surface area contributed by atoms with E-state index in [-0.39, 0.29) is 0 Å². The van der Waals surface area contributed by atoms with Crippen molar-refractivity contribution in [3.8, 4) is 0 Å². The molecule has 1 atom stereocenters. The van der Waals surface area contributed by atoms with Crippen LogP contribution in [-0.2, 0) is 0 Å². The highest BCUT2D eigenvalue weighted by Gasteiger charge is 2.47. The monoisotopic (exact) mass is 263 g/mol. The number of allylic oxidation sites excluding steroid dienone is 1. The second kappa shape index (κ2) is 5.94. The lowest BCUT2D eigenvalue weighted by Crippen LogP contribution is -2.61. The lowest BCUT2D eigenvalue weighted by atomic mass is 9.79. The van der Waals surface area contributed by atoms with E-state index in [2.05, 4.69) is 16.4 Å². The predicted molar refractivity (Wildman–Crippen MR) is 79.7 cm³/mol. The highest BCUT2D eigenvalue weighted by Crippen LogP contribution is 2.43. The molecule has 3 nitrogen and oxygen atoms in total. The number of likely N-dealkylation sites (tertiary alicyclic amines) is 1. The minimum atomic E-state index is 0.328. The molecule has 108 valence electrons. The molecule has 19 heavy (non-hydrogen) atoms. The molecule has 1 heterocycles. The van der Waals surface area contributed by atoms with Gasteiger partial charge in [-0.3, -0.25) is 16.2 Å². The number of hydrogen-bond donors (Lipinski definition) is 2. The first kappa shape index (κ1) is 13.6. The minimum Gasteiger partial charge on any atom is -0.296 e. The Morgan fingerprint density at radius 1 is 1.05 bits per heavy atom. The van der Waals surface area contributed by atoms with Gasteiger partial charge in [-0.05, 0) is 64.5 Å². The Kier molecular flexibility index (Phi) is 4.25. The normalized spacial score (nSPS) is 29.4. The molecule has 0 aromatic rings. The fourth-order valence-electron chi connectivity index (χ4n) is 4.67. The summed E-state index contributed by atoms with van der Waals surface area (Å²) >= 11 is 0. The molecule has 0 bridgehead atoms. The number of hydrazine groups is 1. The molecule has 2 fully saturated rings. The Balaban J connectivity index is 1.86. The zero-order valence-electron chi connectivity index (χ0n) is 12.2. The van der Waals surface area contributed by atoms with Gasteiger partial charge in [-0.15, -0.1) is 0 Å². The van der Waals surface area contributed by atoms with Crippen LogP contribution in [0.5, 0.6) is 0 Å². The predicted octanol–water partition coefficient (Wildman–Crippen LogP) is 2.73. The van der Waals surface area contributed by atoms with Crippen LogP contribution in [0.15, 0.2) is 11.6 Å². The van der Waals surface area contributed by atoms with Crippen LogP contribution in [0.25, 0.3) is 0 Å². The van der Waals surface area contributed by atoms with Crippen LogP contribution in [0, 0.1) is 0 Å². The zero-order chi connectivity index (χ0) is 13.1. The van der Waals surface area contributed by atoms with Crippen molar-refractivity contribution in [2.75, 3.05) is 13.1 Å². The van der Waals surface area contributed by atoms with Crippen LogP contribution in [-0.4, -0.2) is 29.6 Å². The lowest BCUT2D eigenvalue weighted by Gasteiger charge is -2.46. The van der Waals surface area contributed by atoms with E-state index in [1.807, 2.05) is 0 Å². The van der Waals surface area contributed by atoms with E-state index in [4.69, 9.17) is 5.84 Å². The van der Waals surface area contributed by atoms with Crippen molar-refractivity contribution in [3.05, 3.63) is 11.6 Å². The van der Waals surface area contributed by atoms with E-state index >= 15 is 0 Å². The van der Waals surface area contributed by atoms with Crippen molar-refractivity contribution < 1.29 is 0 Å². The fourth-order valence-corrected chi connectivity index (χ4v) is 4.67. The highest BCUT2D eigenvalue weighted by atomic mass is 15.3. The molecule has 3 rings (SSSR count). The molecule has 1 unspecified atom stereocenters. The molecule has 2 aliphatic carbocycles. The standard InChI is InChI=1S/C16H29N3/c17-18-15(14-8-2-1-3-9-14)16(10-4-5-11-16)19-12-6-7-13-19/h8,15,18H,1-7,9-13,17H2. The van der Waals surface area contributed by atoms with E-state index in [1.165, 1.54) is 77.3 Å². The van der Waals surface area contributed by atoms with Crippen molar-refractivity contribution in [1.82, 2.24) is 10.3 Å². The van der Waals surface area contributed by atoms with Crippen molar-refractivity contribution in [3.63, 3.8) is 0 Å². The molecule has 3 N–H and O–H groups in total. The van der Waals surface area contributed by atoms with Gasteiger partial charge in [-0.25, -0.2) is 0 Å². The topological polar surface area (TPSA) is 41.3 Å². The molecular formula is C16H29N3. The van der Waals surface area contributed by atoms with Gasteiger partial charge in [0.15, 0.2) is 0 Å². The van der Waals surface area contributed by atoms with Crippen molar-refractivity contribution in [1.29, 1.82) is 0 Å². The third-order valence-electron chi connectivity index (χ3n) is 5.61. The van der Waals surface area contributed by atoms with Crippen LogP contribution in [0.3, 0.4) is 0 Å². The van der Waals surface area contributed by atoms with Gasteiger partial charge in [0.1, 0.15) is 0 Å². The Hall–Kier alpha value is -0.380. The maximum absolute atomic E-state index is 6.02. The molecule has 0 amide bonds. The molecule has 1 saturated carbocycles. The summed E-state index contributed by atoms with van der Waals surface area (Å²) in [5.74, 6) is 6.02. The molecule has 3 heteroatoms. The summed E-state index contributed by atoms with van der Waals surface area (Å²) in [5, 5.41) is 0. The number of nitrogens with one attached hydrogen (secondary N) is 1. The third kappa shape index (κ3) is 2.48. The van der Waals surface area contributed by atoms with E-state index in [1.54, 1.807) is 5.57 Å². The number of nitrogens with two attached hydrogens (primary N) is 1. The second-order valence-corrected chi connectivity index (χ2v) is 6.63. The van der Waals surface area contributed by atoms with Gasteiger partial charge in [0.05, 0.1) is 6.04 Å². The molecule has 1 saturated heterocycles. The molecule has 0 aromatic heterocycles. The maximum Gasteiger partial charge on any atom is 0.0604 e. The van der Waals surface area contributed by atoms with Crippen LogP contribution in [0.1, 0.15) is 64.2 Å². The lowest BCUT2D eigenvalue weighted by molar-refractivity contribution is 0.0882. The average Bonchev–Trinajstić information content (AvgIpc) is 3.12. The van der Waals surface area contributed by atoms with Gasteiger partial charge < -0.3 is 0 Å².